The van der Waals surface area contributed by atoms with Crippen LogP contribution in [-0.4, -0.2) is 62.9 Å². The van der Waals surface area contributed by atoms with Gasteiger partial charge in [0.2, 0.25) is 0 Å². The van der Waals surface area contributed by atoms with Crippen molar-refractivity contribution in [2.75, 3.05) is 48.0 Å². The standard InChI is InChI=1S/C23H32N2O4/c1-23(26,16-24(2)3)19-6-7-22-18(12-19)15-25(8-9-29-22)14-17-10-20(27-4)13-21(11-17)28-5/h6-7,10-13,26H,8-9,14-16H2,1-5H3/t23-/m1/s1. The van der Waals surface area contributed by atoms with E-state index in [1.807, 2.05) is 56.3 Å². The monoisotopic (exact) mass is 400 g/mol. The summed E-state index contributed by atoms with van der Waals surface area (Å²) in [5, 5.41) is 10.9. The fraction of sp³-hybridized carbons (Fsp3) is 0.478. The van der Waals surface area contributed by atoms with E-state index < -0.39 is 5.60 Å². The number of fused-ring (bicyclic) bond motifs is 1. The van der Waals surface area contributed by atoms with Gasteiger partial charge in [-0.25, -0.2) is 0 Å². The minimum Gasteiger partial charge on any atom is -0.497 e. The van der Waals surface area contributed by atoms with E-state index in [2.05, 4.69) is 11.0 Å². The number of rotatable bonds is 7. The van der Waals surface area contributed by atoms with Crippen LogP contribution in [0.4, 0.5) is 0 Å². The summed E-state index contributed by atoms with van der Waals surface area (Å²) in [5.74, 6) is 2.46. The Balaban J connectivity index is 1.82. The summed E-state index contributed by atoms with van der Waals surface area (Å²) >= 11 is 0. The van der Waals surface area contributed by atoms with Crippen LogP contribution in [0.25, 0.3) is 0 Å². The van der Waals surface area contributed by atoms with Crippen LogP contribution in [0.2, 0.25) is 0 Å². The van der Waals surface area contributed by atoms with Gasteiger partial charge in [-0.05, 0) is 56.4 Å². The van der Waals surface area contributed by atoms with Crippen LogP contribution < -0.4 is 14.2 Å². The van der Waals surface area contributed by atoms with Gasteiger partial charge >= 0.3 is 0 Å². The lowest BCUT2D eigenvalue weighted by molar-refractivity contribution is 0.0299. The molecule has 3 rings (SSSR count). The van der Waals surface area contributed by atoms with E-state index in [9.17, 15) is 5.11 Å². The molecule has 0 spiro atoms. The first kappa shape index (κ1) is 21.4. The maximum atomic E-state index is 10.9. The number of methoxy groups -OCH3 is 2. The molecule has 0 saturated heterocycles. The molecule has 0 fully saturated rings. The number of aliphatic hydroxyl groups is 1. The maximum absolute atomic E-state index is 10.9. The smallest absolute Gasteiger partial charge is 0.123 e. The molecule has 0 aromatic heterocycles. The third kappa shape index (κ3) is 5.41. The maximum Gasteiger partial charge on any atom is 0.123 e. The zero-order chi connectivity index (χ0) is 21.0. The minimum atomic E-state index is -0.921. The van der Waals surface area contributed by atoms with E-state index in [1.165, 1.54) is 0 Å². The molecule has 0 bridgehead atoms. The number of hydrogen-bond donors (Lipinski definition) is 1. The number of likely N-dealkylation sites (N-methyl/N-ethyl adjacent to an activating group) is 1. The summed E-state index contributed by atoms with van der Waals surface area (Å²) in [4.78, 5) is 4.33. The molecule has 1 aliphatic rings. The second kappa shape index (κ2) is 9.03. The first-order valence-electron chi connectivity index (χ1n) is 9.88. The average molecular weight is 401 g/mol. The van der Waals surface area contributed by atoms with Crippen molar-refractivity contribution in [3.05, 3.63) is 53.1 Å². The van der Waals surface area contributed by atoms with Crippen molar-refractivity contribution in [3.63, 3.8) is 0 Å². The van der Waals surface area contributed by atoms with Gasteiger partial charge in [-0.2, -0.15) is 0 Å². The quantitative estimate of drug-likeness (QED) is 0.771. The molecular formula is C23H32N2O4. The van der Waals surface area contributed by atoms with Gasteiger partial charge in [0.1, 0.15) is 23.9 Å². The predicted octanol–water partition coefficient (Wildman–Crippen LogP) is 2.87. The highest BCUT2D eigenvalue weighted by atomic mass is 16.5. The van der Waals surface area contributed by atoms with Gasteiger partial charge in [-0.15, -0.1) is 0 Å². The van der Waals surface area contributed by atoms with Crippen LogP contribution in [0.15, 0.2) is 36.4 Å². The molecule has 0 radical (unpaired) electrons. The molecule has 29 heavy (non-hydrogen) atoms. The lowest BCUT2D eigenvalue weighted by Crippen LogP contribution is -2.34. The zero-order valence-corrected chi connectivity index (χ0v) is 18.1. The highest BCUT2D eigenvalue weighted by molar-refractivity contribution is 5.41. The van der Waals surface area contributed by atoms with Crippen LogP contribution in [0, 0.1) is 0 Å². The summed E-state index contributed by atoms with van der Waals surface area (Å²) in [5.41, 5.74) is 2.20. The third-order valence-electron chi connectivity index (χ3n) is 5.18. The van der Waals surface area contributed by atoms with Crippen molar-refractivity contribution in [1.82, 2.24) is 9.80 Å². The Morgan fingerprint density at radius 2 is 1.79 bits per heavy atom. The second-order valence-electron chi connectivity index (χ2n) is 8.11. The van der Waals surface area contributed by atoms with Crippen molar-refractivity contribution in [2.45, 2.75) is 25.6 Å². The summed E-state index contributed by atoms with van der Waals surface area (Å²) in [6, 6.07) is 12.0. The van der Waals surface area contributed by atoms with Crippen LogP contribution in [0.3, 0.4) is 0 Å². The van der Waals surface area contributed by atoms with Crippen molar-refractivity contribution in [1.29, 1.82) is 0 Å². The molecule has 1 atom stereocenters. The lowest BCUT2D eigenvalue weighted by atomic mass is 9.93. The Kier molecular flexibility index (Phi) is 6.67. The summed E-state index contributed by atoms with van der Waals surface area (Å²) in [7, 11) is 7.25. The van der Waals surface area contributed by atoms with Crippen LogP contribution >= 0.6 is 0 Å². The zero-order valence-electron chi connectivity index (χ0n) is 18.1. The topological polar surface area (TPSA) is 54.4 Å². The molecule has 6 heteroatoms. The first-order chi connectivity index (χ1) is 13.8. The predicted molar refractivity (Wildman–Crippen MR) is 114 cm³/mol. The first-order valence-corrected chi connectivity index (χ1v) is 9.88. The van der Waals surface area contributed by atoms with Crippen molar-refractivity contribution < 1.29 is 19.3 Å². The van der Waals surface area contributed by atoms with E-state index in [4.69, 9.17) is 14.2 Å². The molecule has 6 nitrogen and oxygen atoms in total. The van der Waals surface area contributed by atoms with Gasteiger partial charge in [0.15, 0.2) is 0 Å². The Morgan fingerprint density at radius 1 is 1.10 bits per heavy atom. The van der Waals surface area contributed by atoms with Gasteiger partial charge in [0.05, 0.1) is 19.8 Å². The van der Waals surface area contributed by atoms with Crippen molar-refractivity contribution in [2.24, 2.45) is 0 Å². The Labute approximate surface area is 173 Å². The molecule has 0 unspecified atom stereocenters. The normalized spacial score (nSPS) is 16.5. The summed E-state index contributed by atoms with van der Waals surface area (Å²) < 4.78 is 16.8. The van der Waals surface area contributed by atoms with Gasteiger partial charge in [-0.3, -0.25) is 4.90 Å². The summed E-state index contributed by atoms with van der Waals surface area (Å²) in [6.07, 6.45) is 0. The SMILES string of the molecule is COc1cc(CN2CCOc3ccc([C@](C)(O)CN(C)C)cc3C2)cc(OC)c1. The fourth-order valence-corrected chi connectivity index (χ4v) is 3.84. The van der Waals surface area contributed by atoms with E-state index in [0.717, 1.165) is 53.6 Å². The number of hydrogen-bond acceptors (Lipinski definition) is 6. The highest BCUT2D eigenvalue weighted by Gasteiger charge is 2.26. The van der Waals surface area contributed by atoms with E-state index >= 15 is 0 Å². The molecular weight excluding hydrogens is 368 g/mol. The molecule has 0 saturated carbocycles. The second-order valence-corrected chi connectivity index (χ2v) is 8.11. The Morgan fingerprint density at radius 3 is 2.41 bits per heavy atom. The van der Waals surface area contributed by atoms with Gasteiger partial charge in [0, 0.05) is 37.8 Å². The van der Waals surface area contributed by atoms with Gasteiger partial charge < -0.3 is 24.2 Å². The molecule has 0 aliphatic carbocycles. The number of nitrogens with zero attached hydrogens (tertiary/aromatic N) is 2. The molecule has 2 aromatic rings. The fourth-order valence-electron chi connectivity index (χ4n) is 3.84. The average Bonchev–Trinajstić information content (AvgIpc) is 2.87. The Hall–Kier alpha value is -2.28. The summed E-state index contributed by atoms with van der Waals surface area (Å²) in [6.45, 7) is 5.36. The number of ether oxygens (including phenoxy) is 3. The molecule has 2 aromatic carbocycles. The minimum absolute atomic E-state index is 0.556. The van der Waals surface area contributed by atoms with Crippen LogP contribution in [0.5, 0.6) is 17.2 Å². The molecule has 1 aliphatic heterocycles. The van der Waals surface area contributed by atoms with Gasteiger partial charge in [0.25, 0.3) is 0 Å². The van der Waals surface area contributed by atoms with E-state index in [0.29, 0.717) is 13.2 Å². The lowest BCUT2D eigenvalue weighted by Gasteiger charge is -2.28. The van der Waals surface area contributed by atoms with Crippen molar-refractivity contribution in [3.8, 4) is 17.2 Å². The van der Waals surface area contributed by atoms with Crippen molar-refractivity contribution >= 4 is 0 Å². The molecule has 158 valence electrons. The van der Waals surface area contributed by atoms with Crippen LogP contribution in [-0.2, 0) is 18.7 Å². The largest absolute Gasteiger partial charge is 0.497 e. The third-order valence-corrected chi connectivity index (χ3v) is 5.18. The van der Waals surface area contributed by atoms with Crippen LogP contribution in [0.1, 0.15) is 23.6 Å². The number of benzene rings is 2. The molecule has 1 N–H and O–H groups in total. The molecule has 1 heterocycles. The van der Waals surface area contributed by atoms with Gasteiger partial charge in [-0.1, -0.05) is 6.07 Å². The molecule has 0 amide bonds. The van der Waals surface area contributed by atoms with E-state index in [-0.39, 0.29) is 0 Å². The van der Waals surface area contributed by atoms with E-state index in [1.54, 1.807) is 14.2 Å². The highest BCUT2D eigenvalue weighted by Crippen LogP contribution is 2.31. The Bertz CT molecular complexity index is 813.